The van der Waals surface area contributed by atoms with E-state index in [1.165, 1.54) is 0 Å². The van der Waals surface area contributed by atoms with E-state index in [1.54, 1.807) is 12.1 Å². The summed E-state index contributed by atoms with van der Waals surface area (Å²) in [4.78, 5) is 12.3. The zero-order valence-electron chi connectivity index (χ0n) is 12.4. The van der Waals surface area contributed by atoms with Crippen LogP contribution in [-0.2, 0) is 0 Å². The molecule has 1 aromatic carbocycles. The standard InChI is InChI=1S/C17H20N2O3/c18-12-17(10-4-5-11-17)19-16(20)14-8-9-15(22-14)21-13-6-2-1-3-7-13/h1-3,6-9H,4-5,10-12,18H2,(H,19,20). The average molecular weight is 300 g/mol. The maximum absolute atomic E-state index is 12.3. The molecular weight excluding hydrogens is 280 g/mol. The normalized spacial score (nSPS) is 16.4. The van der Waals surface area contributed by atoms with Crippen molar-refractivity contribution in [1.29, 1.82) is 0 Å². The third-order valence-electron chi connectivity index (χ3n) is 4.10. The van der Waals surface area contributed by atoms with Gasteiger partial charge in [-0.2, -0.15) is 0 Å². The summed E-state index contributed by atoms with van der Waals surface area (Å²) in [5.41, 5.74) is 5.55. The van der Waals surface area contributed by atoms with Gasteiger partial charge < -0.3 is 20.2 Å². The second kappa shape index (κ2) is 6.23. The monoisotopic (exact) mass is 300 g/mol. The number of ether oxygens (including phenoxy) is 1. The SMILES string of the molecule is NCC1(NC(=O)c2ccc(Oc3ccccc3)o2)CCCC1. The first-order valence-electron chi connectivity index (χ1n) is 7.56. The fourth-order valence-electron chi connectivity index (χ4n) is 2.84. The summed E-state index contributed by atoms with van der Waals surface area (Å²) in [7, 11) is 0. The number of carbonyl (C=O) groups is 1. The number of carbonyl (C=O) groups excluding carboxylic acids is 1. The van der Waals surface area contributed by atoms with Gasteiger partial charge in [0.25, 0.3) is 11.9 Å². The van der Waals surface area contributed by atoms with Crippen LogP contribution in [0.3, 0.4) is 0 Å². The lowest BCUT2D eigenvalue weighted by Crippen LogP contribution is -2.51. The van der Waals surface area contributed by atoms with Crippen LogP contribution >= 0.6 is 0 Å². The third kappa shape index (κ3) is 3.14. The number of nitrogens with one attached hydrogen (secondary N) is 1. The molecule has 0 saturated heterocycles. The minimum absolute atomic E-state index is 0.240. The van der Waals surface area contributed by atoms with E-state index in [-0.39, 0.29) is 17.2 Å². The quantitative estimate of drug-likeness (QED) is 0.889. The highest BCUT2D eigenvalue weighted by Crippen LogP contribution is 2.29. The fourth-order valence-corrected chi connectivity index (χ4v) is 2.84. The molecule has 0 spiro atoms. The van der Waals surface area contributed by atoms with E-state index in [0.29, 0.717) is 18.2 Å². The van der Waals surface area contributed by atoms with Crippen LogP contribution in [0.5, 0.6) is 11.7 Å². The molecule has 3 rings (SSSR count). The van der Waals surface area contributed by atoms with Crippen molar-refractivity contribution in [3.8, 4) is 11.7 Å². The Balaban J connectivity index is 1.66. The molecular formula is C17H20N2O3. The Kier molecular flexibility index (Phi) is 4.15. The summed E-state index contributed by atoms with van der Waals surface area (Å²) in [5.74, 6) is 0.962. The molecule has 0 bridgehead atoms. The van der Waals surface area contributed by atoms with Gasteiger partial charge in [0.1, 0.15) is 5.75 Å². The highest BCUT2D eigenvalue weighted by Gasteiger charge is 2.34. The van der Waals surface area contributed by atoms with Gasteiger partial charge in [0.15, 0.2) is 5.76 Å². The van der Waals surface area contributed by atoms with Gasteiger partial charge in [0, 0.05) is 12.6 Å². The number of benzene rings is 1. The molecule has 0 aliphatic heterocycles. The smallest absolute Gasteiger partial charge is 0.290 e. The van der Waals surface area contributed by atoms with E-state index in [1.807, 2.05) is 30.3 Å². The lowest BCUT2D eigenvalue weighted by Gasteiger charge is -2.28. The number of nitrogens with two attached hydrogens (primary N) is 1. The molecule has 3 N–H and O–H groups in total. The predicted molar refractivity (Wildman–Crippen MR) is 82.9 cm³/mol. The van der Waals surface area contributed by atoms with Gasteiger partial charge in [-0.15, -0.1) is 0 Å². The number of rotatable bonds is 5. The molecule has 5 heteroatoms. The topological polar surface area (TPSA) is 77.5 Å². The van der Waals surface area contributed by atoms with Gasteiger partial charge in [-0.05, 0) is 31.0 Å². The van der Waals surface area contributed by atoms with E-state index in [2.05, 4.69) is 5.32 Å². The molecule has 0 atom stereocenters. The average Bonchev–Trinajstić information content (AvgIpc) is 3.18. The van der Waals surface area contributed by atoms with Gasteiger partial charge in [0.05, 0.1) is 5.54 Å². The van der Waals surface area contributed by atoms with Crippen molar-refractivity contribution in [3.05, 3.63) is 48.2 Å². The summed E-state index contributed by atoms with van der Waals surface area (Å²) in [6.07, 6.45) is 4.03. The molecule has 22 heavy (non-hydrogen) atoms. The fraction of sp³-hybridized carbons (Fsp3) is 0.353. The van der Waals surface area contributed by atoms with Crippen LogP contribution in [0.15, 0.2) is 46.9 Å². The second-order valence-corrected chi connectivity index (χ2v) is 5.68. The second-order valence-electron chi connectivity index (χ2n) is 5.68. The van der Waals surface area contributed by atoms with Crippen molar-refractivity contribution in [2.75, 3.05) is 6.54 Å². The highest BCUT2D eigenvalue weighted by molar-refractivity contribution is 5.92. The summed E-state index contributed by atoms with van der Waals surface area (Å²) < 4.78 is 11.0. The van der Waals surface area contributed by atoms with Crippen LogP contribution in [0.4, 0.5) is 0 Å². The summed E-state index contributed by atoms with van der Waals surface area (Å²) in [5, 5.41) is 3.02. The van der Waals surface area contributed by atoms with E-state index in [4.69, 9.17) is 14.9 Å². The molecule has 1 aromatic heterocycles. The van der Waals surface area contributed by atoms with E-state index in [0.717, 1.165) is 25.7 Å². The molecule has 0 unspecified atom stereocenters. The third-order valence-corrected chi connectivity index (χ3v) is 4.10. The molecule has 2 aromatic rings. The molecule has 1 fully saturated rings. The number of hydrogen-bond donors (Lipinski definition) is 2. The van der Waals surface area contributed by atoms with Crippen LogP contribution in [0.1, 0.15) is 36.2 Å². The Bertz CT molecular complexity index is 630. The maximum Gasteiger partial charge on any atom is 0.290 e. The lowest BCUT2D eigenvalue weighted by atomic mass is 9.98. The molecule has 116 valence electrons. The predicted octanol–water partition coefficient (Wildman–Crippen LogP) is 3.07. The zero-order chi connectivity index (χ0) is 15.4. The minimum Gasteiger partial charge on any atom is -0.426 e. The molecule has 5 nitrogen and oxygen atoms in total. The Morgan fingerprint density at radius 3 is 2.59 bits per heavy atom. The van der Waals surface area contributed by atoms with Crippen molar-refractivity contribution in [2.24, 2.45) is 5.73 Å². The number of furan rings is 1. The molecule has 0 radical (unpaired) electrons. The first-order chi connectivity index (χ1) is 10.7. The molecule has 1 aliphatic rings. The maximum atomic E-state index is 12.3. The van der Waals surface area contributed by atoms with Crippen LogP contribution in [0.25, 0.3) is 0 Å². The Hall–Kier alpha value is -2.27. The number of amides is 1. The van der Waals surface area contributed by atoms with Gasteiger partial charge in [-0.3, -0.25) is 4.79 Å². The van der Waals surface area contributed by atoms with E-state index in [9.17, 15) is 4.79 Å². The van der Waals surface area contributed by atoms with Crippen molar-refractivity contribution in [1.82, 2.24) is 5.32 Å². The lowest BCUT2D eigenvalue weighted by molar-refractivity contribution is 0.0869. The number of para-hydroxylation sites is 1. The largest absolute Gasteiger partial charge is 0.426 e. The summed E-state index contributed by atoms with van der Waals surface area (Å²) in [6.45, 7) is 0.451. The van der Waals surface area contributed by atoms with Gasteiger partial charge >= 0.3 is 0 Å². The van der Waals surface area contributed by atoms with Crippen molar-refractivity contribution < 1.29 is 13.9 Å². The van der Waals surface area contributed by atoms with Crippen molar-refractivity contribution >= 4 is 5.91 Å². The van der Waals surface area contributed by atoms with Crippen LogP contribution in [0, 0.1) is 0 Å². The zero-order valence-corrected chi connectivity index (χ0v) is 12.4. The van der Waals surface area contributed by atoms with Crippen molar-refractivity contribution in [3.63, 3.8) is 0 Å². The Morgan fingerprint density at radius 2 is 1.91 bits per heavy atom. The minimum atomic E-state index is -0.287. The van der Waals surface area contributed by atoms with Crippen LogP contribution in [0.2, 0.25) is 0 Å². The van der Waals surface area contributed by atoms with Crippen LogP contribution in [-0.4, -0.2) is 18.0 Å². The molecule has 1 aliphatic carbocycles. The summed E-state index contributed by atoms with van der Waals surface area (Å²) >= 11 is 0. The molecule has 1 saturated carbocycles. The molecule has 1 heterocycles. The first-order valence-corrected chi connectivity index (χ1v) is 7.56. The highest BCUT2D eigenvalue weighted by atomic mass is 16.6. The Labute approximate surface area is 129 Å². The van der Waals surface area contributed by atoms with E-state index < -0.39 is 0 Å². The van der Waals surface area contributed by atoms with Crippen LogP contribution < -0.4 is 15.8 Å². The number of hydrogen-bond acceptors (Lipinski definition) is 4. The molecule has 1 amide bonds. The van der Waals surface area contributed by atoms with Crippen molar-refractivity contribution in [2.45, 2.75) is 31.2 Å². The van der Waals surface area contributed by atoms with Gasteiger partial charge in [0.2, 0.25) is 0 Å². The first kappa shape index (κ1) is 14.7. The van der Waals surface area contributed by atoms with E-state index >= 15 is 0 Å². The van der Waals surface area contributed by atoms with Gasteiger partial charge in [-0.1, -0.05) is 31.0 Å². The Morgan fingerprint density at radius 1 is 1.18 bits per heavy atom. The van der Waals surface area contributed by atoms with Gasteiger partial charge in [-0.25, -0.2) is 0 Å². The summed E-state index contributed by atoms with van der Waals surface area (Å²) in [6, 6.07) is 12.6.